The van der Waals surface area contributed by atoms with Crippen molar-refractivity contribution in [3.05, 3.63) is 24.3 Å². The van der Waals surface area contributed by atoms with Gasteiger partial charge in [-0.1, -0.05) is 0 Å². The third-order valence-electron chi connectivity index (χ3n) is 1.80. The van der Waals surface area contributed by atoms with Crippen LogP contribution in [0.1, 0.15) is 0 Å². The molecule has 0 aliphatic carbocycles. The lowest BCUT2D eigenvalue weighted by molar-refractivity contribution is -0.159. The predicted octanol–water partition coefficient (Wildman–Crippen LogP) is 1.44. The molecular formula is C9H9F3N2O4S. The summed E-state index contributed by atoms with van der Waals surface area (Å²) < 4.78 is 61.0. The van der Waals surface area contributed by atoms with Crippen molar-refractivity contribution in [2.45, 2.75) is 11.1 Å². The van der Waals surface area contributed by atoms with Crippen LogP contribution in [0.25, 0.3) is 0 Å². The van der Waals surface area contributed by atoms with Crippen LogP contribution >= 0.6 is 0 Å². The van der Waals surface area contributed by atoms with Crippen LogP contribution in [-0.2, 0) is 14.8 Å². The Kier molecular flexibility index (Phi) is 4.37. The van der Waals surface area contributed by atoms with E-state index in [2.05, 4.69) is 4.74 Å². The second kappa shape index (κ2) is 5.45. The molecule has 0 aliphatic heterocycles. The van der Waals surface area contributed by atoms with Crippen LogP contribution in [0.2, 0.25) is 0 Å². The van der Waals surface area contributed by atoms with Gasteiger partial charge in [0.05, 0.1) is 4.90 Å². The molecule has 0 aliphatic rings. The number of hydrogen-bond donors (Lipinski definition) is 2. The molecule has 0 unspecified atom stereocenters. The molecule has 19 heavy (non-hydrogen) atoms. The number of primary sulfonamides is 1. The van der Waals surface area contributed by atoms with E-state index in [-0.39, 0.29) is 10.6 Å². The van der Waals surface area contributed by atoms with Gasteiger partial charge in [0, 0.05) is 5.69 Å². The maximum atomic E-state index is 11.8. The third-order valence-corrected chi connectivity index (χ3v) is 2.73. The zero-order chi connectivity index (χ0) is 14.7. The number of benzene rings is 1. The lowest BCUT2D eigenvalue weighted by atomic mass is 10.3. The van der Waals surface area contributed by atoms with Gasteiger partial charge < -0.3 is 4.74 Å². The molecular weight excluding hydrogens is 289 g/mol. The topological polar surface area (TPSA) is 98.5 Å². The van der Waals surface area contributed by atoms with Crippen molar-refractivity contribution in [2.24, 2.45) is 5.14 Å². The van der Waals surface area contributed by atoms with E-state index < -0.39 is 28.9 Å². The van der Waals surface area contributed by atoms with Gasteiger partial charge >= 0.3 is 12.3 Å². The summed E-state index contributed by atoms with van der Waals surface area (Å²) in [4.78, 5) is 10.8. The molecule has 1 aromatic carbocycles. The molecule has 106 valence electrons. The molecule has 0 saturated carbocycles. The SMILES string of the molecule is NS(=O)(=O)c1ccc(NC(=O)OCC(F)(F)F)cc1. The summed E-state index contributed by atoms with van der Waals surface area (Å²) in [6.45, 7) is -1.71. The van der Waals surface area contributed by atoms with Crippen molar-refractivity contribution in [3.63, 3.8) is 0 Å². The second-order valence-electron chi connectivity index (χ2n) is 3.39. The van der Waals surface area contributed by atoms with Crippen LogP contribution in [0.3, 0.4) is 0 Å². The second-order valence-corrected chi connectivity index (χ2v) is 4.95. The number of anilines is 1. The van der Waals surface area contributed by atoms with E-state index in [9.17, 15) is 26.4 Å². The Balaban J connectivity index is 2.61. The summed E-state index contributed by atoms with van der Waals surface area (Å²) in [7, 11) is -3.87. The van der Waals surface area contributed by atoms with Crippen LogP contribution in [0.4, 0.5) is 23.7 Å². The molecule has 0 fully saturated rings. The summed E-state index contributed by atoms with van der Waals surface area (Å²) in [6.07, 6.45) is -5.92. The highest BCUT2D eigenvalue weighted by molar-refractivity contribution is 7.89. The monoisotopic (exact) mass is 298 g/mol. The number of ether oxygens (including phenoxy) is 1. The molecule has 0 atom stereocenters. The molecule has 0 bridgehead atoms. The zero-order valence-corrected chi connectivity index (χ0v) is 10.1. The van der Waals surface area contributed by atoms with Crippen LogP contribution in [0.15, 0.2) is 29.2 Å². The van der Waals surface area contributed by atoms with E-state index >= 15 is 0 Å². The molecule has 10 heteroatoms. The number of carbonyl (C=O) groups excluding carboxylic acids is 1. The van der Waals surface area contributed by atoms with Gasteiger partial charge in [-0.25, -0.2) is 18.4 Å². The average molecular weight is 298 g/mol. The van der Waals surface area contributed by atoms with Gasteiger partial charge in [0.1, 0.15) is 0 Å². The number of nitrogens with one attached hydrogen (secondary N) is 1. The van der Waals surface area contributed by atoms with Crippen molar-refractivity contribution >= 4 is 21.8 Å². The first-order chi connectivity index (χ1) is 8.58. The summed E-state index contributed by atoms with van der Waals surface area (Å²) in [5.74, 6) is 0. The first-order valence-electron chi connectivity index (χ1n) is 4.71. The quantitative estimate of drug-likeness (QED) is 0.882. The Bertz CT molecular complexity index is 554. The highest BCUT2D eigenvalue weighted by Gasteiger charge is 2.29. The Morgan fingerprint density at radius 2 is 1.79 bits per heavy atom. The Labute approximate surface area is 106 Å². The Hall–Kier alpha value is -1.81. The molecule has 3 N–H and O–H groups in total. The number of halogens is 3. The predicted molar refractivity (Wildman–Crippen MR) is 58.8 cm³/mol. The molecule has 0 saturated heterocycles. The highest BCUT2D eigenvalue weighted by Crippen LogP contribution is 2.16. The van der Waals surface area contributed by atoms with Crippen molar-refractivity contribution in [1.29, 1.82) is 0 Å². The summed E-state index contributed by atoms with van der Waals surface area (Å²) in [6, 6.07) is 4.51. The smallest absolute Gasteiger partial charge is 0.422 e. The molecule has 0 spiro atoms. The van der Waals surface area contributed by atoms with Crippen LogP contribution in [-0.4, -0.2) is 27.3 Å². The normalized spacial score (nSPS) is 12.0. The van der Waals surface area contributed by atoms with Gasteiger partial charge in [-0.05, 0) is 24.3 Å². The number of sulfonamides is 1. The fraction of sp³-hybridized carbons (Fsp3) is 0.222. The number of carbonyl (C=O) groups is 1. The Morgan fingerprint density at radius 1 is 1.26 bits per heavy atom. The van der Waals surface area contributed by atoms with Gasteiger partial charge in [0.15, 0.2) is 6.61 Å². The average Bonchev–Trinajstić information content (AvgIpc) is 2.25. The summed E-state index contributed by atoms with van der Waals surface area (Å²) >= 11 is 0. The van der Waals surface area contributed by atoms with Crippen LogP contribution in [0, 0.1) is 0 Å². The molecule has 1 amide bonds. The fourth-order valence-electron chi connectivity index (χ4n) is 1.03. The number of alkyl halides is 3. The minimum atomic E-state index is -4.62. The molecule has 0 heterocycles. The van der Waals surface area contributed by atoms with Gasteiger partial charge in [-0.15, -0.1) is 0 Å². The lowest BCUT2D eigenvalue weighted by Gasteiger charge is -2.09. The standard InChI is InChI=1S/C9H9F3N2O4S/c10-9(11,12)5-18-8(15)14-6-1-3-7(4-2-6)19(13,16)17/h1-4H,5H2,(H,14,15)(H2,13,16,17). The van der Waals surface area contributed by atoms with Gasteiger partial charge in [-0.3, -0.25) is 5.32 Å². The van der Waals surface area contributed by atoms with Crippen molar-refractivity contribution in [1.82, 2.24) is 0 Å². The van der Waals surface area contributed by atoms with Gasteiger partial charge in [0.25, 0.3) is 0 Å². The Morgan fingerprint density at radius 3 is 2.21 bits per heavy atom. The molecule has 0 aromatic heterocycles. The highest BCUT2D eigenvalue weighted by atomic mass is 32.2. The first-order valence-corrected chi connectivity index (χ1v) is 6.26. The number of amides is 1. The molecule has 1 aromatic rings. The maximum absolute atomic E-state index is 11.8. The van der Waals surface area contributed by atoms with E-state index in [0.717, 1.165) is 24.3 Å². The maximum Gasteiger partial charge on any atom is 0.422 e. The van der Waals surface area contributed by atoms with Gasteiger partial charge in [-0.2, -0.15) is 13.2 Å². The lowest BCUT2D eigenvalue weighted by Crippen LogP contribution is -2.23. The van der Waals surface area contributed by atoms with E-state index in [1.807, 2.05) is 5.32 Å². The van der Waals surface area contributed by atoms with E-state index in [4.69, 9.17) is 5.14 Å². The van der Waals surface area contributed by atoms with Crippen molar-refractivity contribution < 1.29 is 31.1 Å². The van der Waals surface area contributed by atoms with Crippen molar-refractivity contribution in [2.75, 3.05) is 11.9 Å². The summed E-state index contributed by atoms with van der Waals surface area (Å²) in [5, 5.41) is 6.84. The largest absolute Gasteiger partial charge is 0.440 e. The molecule has 0 radical (unpaired) electrons. The number of hydrogen-bond acceptors (Lipinski definition) is 4. The van der Waals surface area contributed by atoms with E-state index in [1.54, 1.807) is 0 Å². The summed E-state index contributed by atoms with van der Waals surface area (Å²) in [5.41, 5.74) is 0.0691. The first kappa shape index (κ1) is 15.2. The van der Waals surface area contributed by atoms with Crippen LogP contribution in [0.5, 0.6) is 0 Å². The molecule has 6 nitrogen and oxygen atoms in total. The third kappa shape index (κ3) is 5.57. The fourth-order valence-corrected chi connectivity index (χ4v) is 1.54. The molecule has 1 rings (SSSR count). The van der Waals surface area contributed by atoms with E-state index in [1.165, 1.54) is 0 Å². The zero-order valence-electron chi connectivity index (χ0n) is 9.27. The number of nitrogens with two attached hydrogens (primary N) is 1. The van der Waals surface area contributed by atoms with Gasteiger partial charge in [0.2, 0.25) is 10.0 Å². The van der Waals surface area contributed by atoms with Crippen molar-refractivity contribution in [3.8, 4) is 0 Å². The van der Waals surface area contributed by atoms with E-state index in [0.29, 0.717) is 0 Å². The minimum Gasteiger partial charge on any atom is -0.440 e. The minimum absolute atomic E-state index is 0.0691. The van der Waals surface area contributed by atoms with Crippen LogP contribution < -0.4 is 10.5 Å². The number of rotatable bonds is 3.